The van der Waals surface area contributed by atoms with Crippen LogP contribution in [0.4, 0.5) is 5.69 Å². The summed E-state index contributed by atoms with van der Waals surface area (Å²) in [6.07, 6.45) is 4.96. The number of anilines is 1. The minimum atomic E-state index is -3.75. The first-order chi connectivity index (χ1) is 20.7. The lowest BCUT2D eigenvalue weighted by atomic mass is 9.82. The first-order valence-electron chi connectivity index (χ1n) is 14.6. The molecule has 44 heavy (non-hydrogen) atoms. The maximum Gasteiger partial charge on any atom is 0.337 e. The lowest BCUT2D eigenvalue weighted by molar-refractivity contribution is -0.160. The maximum atomic E-state index is 12.9. The summed E-state index contributed by atoms with van der Waals surface area (Å²) in [5, 5.41) is 10.5. The fourth-order valence-corrected chi connectivity index (χ4v) is 6.49. The van der Waals surface area contributed by atoms with Crippen LogP contribution in [-0.4, -0.2) is 42.9 Å². The van der Waals surface area contributed by atoms with Gasteiger partial charge in [-0.2, -0.15) is 0 Å². The molecule has 8 nitrogen and oxygen atoms in total. The van der Waals surface area contributed by atoms with Crippen LogP contribution in [0.15, 0.2) is 67.0 Å². The van der Waals surface area contributed by atoms with Crippen molar-refractivity contribution in [1.29, 1.82) is 0 Å². The van der Waals surface area contributed by atoms with Gasteiger partial charge in [0.2, 0.25) is 10.0 Å². The van der Waals surface area contributed by atoms with Gasteiger partial charge in [0.1, 0.15) is 5.75 Å². The molecule has 9 heteroatoms. The molecule has 1 aliphatic rings. The summed E-state index contributed by atoms with van der Waals surface area (Å²) in [6, 6.07) is 17.6. The van der Waals surface area contributed by atoms with Crippen molar-refractivity contribution in [2.45, 2.75) is 59.2 Å². The lowest BCUT2D eigenvalue weighted by Gasteiger charge is -2.31. The average Bonchev–Trinajstić information content (AvgIpc) is 2.97. The molecule has 3 aromatic carbocycles. The zero-order chi connectivity index (χ0) is 31.8. The van der Waals surface area contributed by atoms with E-state index >= 15 is 0 Å². The summed E-state index contributed by atoms with van der Waals surface area (Å²) < 4.78 is 40.3. The molecule has 0 aliphatic carbocycles. The highest BCUT2D eigenvalue weighted by Crippen LogP contribution is 2.48. The first-order valence-corrected chi connectivity index (χ1v) is 16.4. The Morgan fingerprint density at radius 3 is 2.27 bits per heavy atom. The SMILES string of the molecule is Cc1c(-c2ccc(-c3cccnc3)cc2)c(NS(C)(=O)=O)c(C)c(C(OC(C)(C)C)C(=O)O)c1-c1ccc2c(c1)CCCO2. The monoisotopic (exact) mass is 614 g/mol. The number of carbonyl (C=O) groups is 1. The van der Waals surface area contributed by atoms with E-state index in [1.165, 1.54) is 0 Å². The van der Waals surface area contributed by atoms with Crippen LogP contribution >= 0.6 is 0 Å². The van der Waals surface area contributed by atoms with Crippen molar-refractivity contribution in [2.75, 3.05) is 17.6 Å². The number of nitrogens with one attached hydrogen (secondary N) is 1. The minimum Gasteiger partial charge on any atom is -0.493 e. The van der Waals surface area contributed by atoms with E-state index in [1.54, 1.807) is 40.1 Å². The molecule has 1 atom stereocenters. The Balaban J connectivity index is 1.84. The lowest BCUT2D eigenvalue weighted by Crippen LogP contribution is -2.29. The molecular weight excluding hydrogens is 576 g/mol. The molecule has 0 saturated heterocycles. The normalized spacial score (nSPS) is 14.0. The summed E-state index contributed by atoms with van der Waals surface area (Å²) in [7, 11) is -3.75. The Bertz CT molecular complexity index is 1810. The summed E-state index contributed by atoms with van der Waals surface area (Å²) in [6.45, 7) is 9.71. The number of aromatic nitrogens is 1. The average molecular weight is 615 g/mol. The number of benzene rings is 3. The molecule has 0 amide bonds. The molecule has 0 bridgehead atoms. The van der Waals surface area contributed by atoms with Gasteiger partial charge in [-0.25, -0.2) is 13.2 Å². The van der Waals surface area contributed by atoms with Gasteiger partial charge in [-0.15, -0.1) is 0 Å². The summed E-state index contributed by atoms with van der Waals surface area (Å²) in [5.41, 5.74) is 7.05. The molecule has 0 saturated carbocycles. The number of sulfonamides is 1. The van der Waals surface area contributed by atoms with E-state index in [0.717, 1.165) is 58.2 Å². The number of aryl methyl sites for hydroxylation is 1. The van der Waals surface area contributed by atoms with Crippen molar-refractivity contribution in [3.8, 4) is 39.1 Å². The smallest absolute Gasteiger partial charge is 0.337 e. The highest BCUT2D eigenvalue weighted by Gasteiger charge is 2.34. The van der Waals surface area contributed by atoms with Gasteiger partial charge in [-0.3, -0.25) is 9.71 Å². The van der Waals surface area contributed by atoms with Gasteiger partial charge in [0, 0.05) is 23.5 Å². The van der Waals surface area contributed by atoms with Crippen LogP contribution in [0.3, 0.4) is 0 Å². The third-order valence-corrected chi connectivity index (χ3v) is 8.23. The Kier molecular flexibility index (Phi) is 8.55. The Morgan fingerprint density at radius 2 is 1.66 bits per heavy atom. The van der Waals surface area contributed by atoms with Crippen molar-refractivity contribution >= 4 is 21.7 Å². The molecular formula is C35H38N2O6S. The van der Waals surface area contributed by atoms with Crippen LogP contribution in [0.25, 0.3) is 33.4 Å². The molecule has 2 heterocycles. The molecule has 1 aromatic heterocycles. The summed E-state index contributed by atoms with van der Waals surface area (Å²) in [4.78, 5) is 17.1. The zero-order valence-corrected chi connectivity index (χ0v) is 26.7. The van der Waals surface area contributed by atoms with Crippen molar-refractivity contribution in [1.82, 2.24) is 4.98 Å². The second-order valence-corrected chi connectivity index (χ2v) is 14.0. The number of hydrogen-bond acceptors (Lipinski definition) is 6. The molecule has 4 aromatic rings. The number of carboxylic acid groups (broad SMARTS) is 1. The molecule has 230 valence electrons. The van der Waals surface area contributed by atoms with Crippen molar-refractivity contribution in [2.24, 2.45) is 0 Å². The minimum absolute atomic E-state index is 0.322. The number of fused-ring (bicyclic) bond motifs is 1. The van der Waals surface area contributed by atoms with Crippen LogP contribution in [0.2, 0.25) is 0 Å². The van der Waals surface area contributed by atoms with Crippen molar-refractivity contribution in [3.05, 3.63) is 89.2 Å². The molecule has 2 N–H and O–H groups in total. The van der Waals surface area contributed by atoms with E-state index in [-0.39, 0.29) is 0 Å². The highest BCUT2D eigenvalue weighted by molar-refractivity contribution is 7.92. The number of carboxylic acids is 1. The van der Waals surface area contributed by atoms with E-state index in [1.807, 2.05) is 55.5 Å². The Morgan fingerprint density at radius 1 is 0.977 bits per heavy atom. The van der Waals surface area contributed by atoms with E-state index in [0.29, 0.717) is 34.5 Å². The Hall–Kier alpha value is -4.21. The molecule has 5 rings (SSSR count). The maximum absolute atomic E-state index is 12.9. The predicted octanol–water partition coefficient (Wildman–Crippen LogP) is 7.34. The number of rotatable bonds is 8. The van der Waals surface area contributed by atoms with Gasteiger partial charge in [-0.05, 0) is 110 Å². The number of aliphatic carboxylic acids is 1. The summed E-state index contributed by atoms with van der Waals surface area (Å²) >= 11 is 0. The van der Waals surface area contributed by atoms with Crippen LogP contribution < -0.4 is 9.46 Å². The number of nitrogens with zero attached hydrogens (tertiary/aromatic N) is 1. The predicted molar refractivity (Wildman–Crippen MR) is 174 cm³/mol. The van der Waals surface area contributed by atoms with Gasteiger partial charge in [-0.1, -0.05) is 36.4 Å². The van der Waals surface area contributed by atoms with Crippen LogP contribution in [0.1, 0.15) is 55.5 Å². The number of pyridine rings is 1. The molecule has 1 aliphatic heterocycles. The third kappa shape index (κ3) is 6.64. The van der Waals surface area contributed by atoms with Crippen LogP contribution in [0.5, 0.6) is 5.75 Å². The highest BCUT2D eigenvalue weighted by atomic mass is 32.2. The topological polar surface area (TPSA) is 115 Å². The van der Waals surface area contributed by atoms with Gasteiger partial charge in [0.15, 0.2) is 6.10 Å². The first kappa shape index (κ1) is 31.2. The van der Waals surface area contributed by atoms with E-state index in [9.17, 15) is 18.3 Å². The van der Waals surface area contributed by atoms with Crippen molar-refractivity contribution in [3.63, 3.8) is 0 Å². The van der Waals surface area contributed by atoms with E-state index in [2.05, 4.69) is 15.8 Å². The number of ether oxygens (including phenoxy) is 2. The molecule has 0 radical (unpaired) electrons. The van der Waals surface area contributed by atoms with Gasteiger partial charge < -0.3 is 14.6 Å². The quantitative estimate of drug-likeness (QED) is 0.213. The van der Waals surface area contributed by atoms with Gasteiger partial charge >= 0.3 is 5.97 Å². The van der Waals surface area contributed by atoms with Crippen LogP contribution in [-0.2, 0) is 26.0 Å². The van der Waals surface area contributed by atoms with Gasteiger partial charge in [0.25, 0.3) is 0 Å². The Labute approximate surface area is 259 Å². The van der Waals surface area contributed by atoms with E-state index in [4.69, 9.17) is 9.47 Å². The standard InChI is InChI=1S/C35H38N2O6S/c1-21-29(26-15-16-28-25(19-26)10-8-18-42-28)31(33(34(38)39)43-35(3,4)5)22(2)32(37-44(6,40)41)30(21)24-13-11-23(12-14-24)27-9-7-17-36-20-27/h7,9,11-17,19-20,33,37H,8,10,18H2,1-6H3,(H,38,39). The second-order valence-electron chi connectivity index (χ2n) is 12.2. The van der Waals surface area contributed by atoms with E-state index < -0.39 is 27.7 Å². The fourth-order valence-electron chi connectivity index (χ4n) is 5.86. The van der Waals surface area contributed by atoms with Crippen LogP contribution in [0, 0.1) is 13.8 Å². The van der Waals surface area contributed by atoms with Crippen molar-refractivity contribution < 1.29 is 27.8 Å². The summed E-state index contributed by atoms with van der Waals surface area (Å²) in [5.74, 6) is -0.345. The molecule has 1 unspecified atom stereocenters. The zero-order valence-electron chi connectivity index (χ0n) is 25.9. The number of hydrogen-bond donors (Lipinski definition) is 2. The largest absolute Gasteiger partial charge is 0.493 e. The molecule has 0 fully saturated rings. The second kappa shape index (κ2) is 12.1. The third-order valence-electron chi connectivity index (χ3n) is 7.66. The molecule has 0 spiro atoms. The van der Waals surface area contributed by atoms with Gasteiger partial charge in [0.05, 0.1) is 24.2 Å². The fraction of sp³-hybridized carbons (Fsp3) is 0.314.